The normalized spacial score (nSPS) is 14.4. The van der Waals surface area contributed by atoms with E-state index in [0.29, 0.717) is 5.95 Å². The maximum Gasteiger partial charge on any atom is 0.227 e. The van der Waals surface area contributed by atoms with Gasteiger partial charge >= 0.3 is 0 Å². The molecule has 1 aliphatic heterocycles. The second kappa shape index (κ2) is 8.58. The Bertz CT molecular complexity index is 801. The Hall–Kier alpha value is -3.01. The van der Waals surface area contributed by atoms with E-state index in [2.05, 4.69) is 30.3 Å². The highest BCUT2D eigenvalue weighted by molar-refractivity contribution is 7.80. The minimum Gasteiger partial charge on any atom is -0.375 e. The van der Waals surface area contributed by atoms with Gasteiger partial charge in [0.05, 0.1) is 11.8 Å². The van der Waals surface area contributed by atoms with E-state index in [1.807, 2.05) is 43.4 Å². The van der Waals surface area contributed by atoms with Gasteiger partial charge in [-0.15, -0.1) is 0 Å². The molecule has 9 nitrogen and oxygen atoms in total. The highest BCUT2D eigenvalue weighted by atomic mass is 32.1. The second-order valence-corrected chi connectivity index (χ2v) is 6.68. The van der Waals surface area contributed by atoms with Crippen LogP contribution in [0.1, 0.15) is 5.56 Å². The van der Waals surface area contributed by atoms with Gasteiger partial charge in [-0.2, -0.15) is 10.1 Å². The van der Waals surface area contributed by atoms with Crippen molar-refractivity contribution in [1.82, 2.24) is 20.4 Å². The van der Waals surface area contributed by atoms with Crippen LogP contribution >= 0.6 is 12.2 Å². The average molecular weight is 386 g/mol. The largest absolute Gasteiger partial charge is 0.375 e. The highest BCUT2D eigenvalue weighted by Gasteiger charge is 2.21. The van der Waals surface area contributed by atoms with Crippen LogP contribution in [-0.2, 0) is 0 Å². The molecule has 0 atom stereocenters. The third-order valence-corrected chi connectivity index (χ3v) is 4.21. The first kappa shape index (κ1) is 18.8. The Morgan fingerprint density at radius 3 is 2.59 bits per heavy atom. The number of anilines is 3. The van der Waals surface area contributed by atoms with Crippen LogP contribution in [0.15, 0.2) is 35.7 Å². The maximum absolute atomic E-state index is 5.38. The summed E-state index contributed by atoms with van der Waals surface area (Å²) in [6.07, 6.45) is 5.19. The van der Waals surface area contributed by atoms with Crippen LogP contribution in [0.4, 0.5) is 17.6 Å². The average Bonchev–Trinajstić information content (AvgIpc) is 2.68. The number of aromatic nitrogens is 3. The van der Waals surface area contributed by atoms with E-state index in [1.54, 1.807) is 12.4 Å². The molecule has 10 heteroatoms. The third-order valence-electron chi connectivity index (χ3n) is 4.12. The molecule has 0 saturated carbocycles. The summed E-state index contributed by atoms with van der Waals surface area (Å²) in [5.74, 6) is 2.49. The quantitative estimate of drug-likeness (QED) is 0.431. The molecule has 2 aromatic rings. The number of piperazine rings is 1. The van der Waals surface area contributed by atoms with Gasteiger partial charge in [0.15, 0.2) is 5.11 Å². The van der Waals surface area contributed by atoms with E-state index in [0.717, 1.165) is 43.4 Å². The van der Waals surface area contributed by atoms with E-state index >= 15 is 0 Å². The van der Waals surface area contributed by atoms with Crippen molar-refractivity contribution >= 4 is 41.1 Å². The molecule has 1 saturated heterocycles. The first-order valence-corrected chi connectivity index (χ1v) is 8.99. The van der Waals surface area contributed by atoms with Gasteiger partial charge in [-0.1, -0.05) is 6.07 Å². The SMILES string of the molecule is CN(C)c1nc(N2CCN(c3ccccn3)CC2)ncc1/C=N/NC(N)=S. The minimum atomic E-state index is 0.112. The van der Waals surface area contributed by atoms with Crippen LogP contribution in [0, 0.1) is 0 Å². The molecule has 0 aliphatic carbocycles. The zero-order valence-corrected chi connectivity index (χ0v) is 16.2. The summed E-state index contributed by atoms with van der Waals surface area (Å²) in [6, 6.07) is 5.97. The predicted molar refractivity (Wildman–Crippen MR) is 113 cm³/mol. The first-order chi connectivity index (χ1) is 13.0. The molecule has 0 radical (unpaired) electrons. The molecular weight excluding hydrogens is 362 g/mol. The number of hydrogen-bond acceptors (Lipinski definition) is 8. The predicted octanol–water partition coefficient (Wildman–Crippen LogP) is 0.431. The fraction of sp³-hybridized carbons (Fsp3) is 0.353. The summed E-state index contributed by atoms with van der Waals surface area (Å²) in [5, 5.41) is 4.11. The standard InChI is InChI=1S/C17H23N9S/c1-24(2)15-13(12-21-23-16(18)27)11-20-17(22-15)26-9-7-25(8-10-26)14-5-3-4-6-19-14/h3-6,11-12H,7-10H2,1-2H3,(H3,18,23,27)/b21-12+. The minimum absolute atomic E-state index is 0.112. The van der Waals surface area contributed by atoms with Crippen molar-refractivity contribution in [2.75, 3.05) is 55.0 Å². The van der Waals surface area contributed by atoms with Crippen molar-refractivity contribution in [2.45, 2.75) is 0 Å². The molecule has 1 aliphatic rings. The van der Waals surface area contributed by atoms with E-state index in [9.17, 15) is 0 Å². The molecule has 3 rings (SSSR count). The van der Waals surface area contributed by atoms with E-state index in [4.69, 9.17) is 22.9 Å². The van der Waals surface area contributed by atoms with Crippen LogP contribution in [0.2, 0.25) is 0 Å². The number of thiocarbonyl (C=S) groups is 1. The summed E-state index contributed by atoms with van der Waals surface area (Å²) in [6.45, 7) is 3.41. The number of nitrogens with two attached hydrogens (primary N) is 1. The Balaban J connectivity index is 1.71. The third kappa shape index (κ3) is 4.79. The molecule has 142 valence electrons. The monoisotopic (exact) mass is 385 g/mol. The molecule has 0 aromatic carbocycles. The summed E-state index contributed by atoms with van der Waals surface area (Å²) in [4.78, 5) is 20.0. The molecule has 2 aromatic heterocycles. The smallest absolute Gasteiger partial charge is 0.227 e. The molecule has 27 heavy (non-hydrogen) atoms. The lowest BCUT2D eigenvalue weighted by Crippen LogP contribution is -2.47. The van der Waals surface area contributed by atoms with Crippen LogP contribution in [0.3, 0.4) is 0 Å². The summed E-state index contributed by atoms with van der Waals surface area (Å²) < 4.78 is 0. The van der Waals surface area contributed by atoms with Gasteiger partial charge in [0.25, 0.3) is 0 Å². The van der Waals surface area contributed by atoms with Crippen molar-refractivity contribution in [3.8, 4) is 0 Å². The van der Waals surface area contributed by atoms with Gasteiger partial charge in [0.1, 0.15) is 11.6 Å². The number of pyridine rings is 1. The fourth-order valence-corrected chi connectivity index (χ4v) is 2.87. The van der Waals surface area contributed by atoms with Crippen molar-refractivity contribution in [2.24, 2.45) is 10.8 Å². The lowest BCUT2D eigenvalue weighted by Gasteiger charge is -2.35. The summed E-state index contributed by atoms with van der Waals surface area (Å²) in [5.41, 5.74) is 8.70. The maximum atomic E-state index is 5.38. The zero-order valence-electron chi connectivity index (χ0n) is 15.4. The number of nitrogens with one attached hydrogen (secondary N) is 1. The lowest BCUT2D eigenvalue weighted by atomic mass is 10.3. The Labute approximate surface area is 163 Å². The molecule has 0 bridgehead atoms. The van der Waals surface area contributed by atoms with Gasteiger partial charge in [-0.25, -0.2) is 9.97 Å². The van der Waals surface area contributed by atoms with Crippen LogP contribution < -0.4 is 25.9 Å². The van der Waals surface area contributed by atoms with Gasteiger partial charge in [0, 0.05) is 52.7 Å². The number of hydrogen-bond donors (Lipinski definition) is 2. The number of rotatable bonds is 5. The van der Waals surface area contributed by atoms with Crippen LogP contribution in [0.25, 0.3) is 0 Å². The summed E-state index contributed by atoms with van der Waals surface area (Å²) in [7, 11) is 3.87. The molecule has 0 spiro atoms. The van der Waals surface area contributed by atoms with Gasteiger partial charge < -0.3 is 20.4 Å². The van der Waals surface area contributed by atoms with Crippen molar-refractivity contribution in [3.63, 3.8) is 0 Å². The molecule has 0 amide bonds. The summed E-state index contributed by atoms with van der Waals surface area (Å²) >= 11 is 4.74. The van der Waals surface area contributed by atoms with Gasteiger partial charge in [-0.05, 0) is 24.4 Å². The van der Waals surface area contributed by atoms with E-state index in [1.165, 1.54) is 0 Å². The van der Waals surface area contributed by atoms with E-state index in [-0.39, 0.29) is 5.11 Å². The number of hydrazone groups is 1. The first-order valence-electron chi connectivity index (χ1n) is 8.58. The molecule has 3 N–H and O–H groups in total. The van der Waals surface area contributed by atoms with Crippen LogP contribution in [0.5, 0.6) is 0 Å². The zero-order chi connectivity index (χ0) is 19.2. The van der Waals surface area contributed by atoms with Crippen LogP contribution in [-0.4, -0.2) is 66.6 Å². The molecule has 1 fully saturated rings. The Kier molecular flexibility index (Phi) is 5.97. The molecular formula is C17H23N9S. The van der Waals surface area contributed by atoms with Crippen molar-refractivity contribution < 1.29 is 0 Å². The van der Waals surface area contributed by atoms with Gasteiger partial charge in [-0.3, -0.25) is 5.43 Å². The lowest BCUT2D eigenvalue weighted by molar-refractivity contribution is 0.634. The second-order valence-electron chi connectivity index (χ2n) is 6.24. The van der Waals surface area contributed by atoms with E-state index < -0.39 is 0 Å². The molecule has 0 unspecified atom stereocenters. The molecule has 3 heterocycles. The topological polar surface area (TPSA) is 98.8 Å². The van der Waals surface area contributed by atoms with Gasteiger partial charge in [0.2, 0.25) is 5.95 Å². The Morgan fingerprint density at radius 1 is 1.22 bits per heavy atom. The fourth-order valence-electron chi connectivity index (χ4n) is 2.82. The highest BCUT2D eigenvalue weighted by Crippen LogP contribution is 2.20. The van der Waals surface area contributed by atoms with Crippen molar-refractivity contribution in [1.29, 1.82) is 0 Å². The number of nitrogens with zero attached hydrogens (tertiary/aromatic N) is 7. The van der Waals surface area contributed by atoms with Crippen molar-refractivity contribution in [3.05, 3.63) is 36.2 Å². The Morgan fingerprint density at radius 2 is 1.96 bits per heavy atom.